The number of H-pyrrole nitrogens is 1. The molecule has 0 aliphatic carbocycles. The van der Waals surface area contributed by atoms with E-state index >= 15 is 0 Å². The van der Waals surface area contributed by atoms with E-state index in [1.165, 1.54) is 40.9 Å². The summed E-state index contributed by atoms with van der Waals surface area (Å²) < 4.78 is 28.3. The van der Waals surface area contributed by atoms with Crippen LogP contribution in [0.2, 0.25) is 0 Å². The van der Waals surface area contributed by atoms with Gasteiger partial charge in [0, 0.05) is 11.1 Å². The first-order chi connectivity index (χ1) is 15.9. The van der Waals surface area contributed by atoms with Gasteiger partial charge in [0.05, 0.1) is 16.9 Å². The summed E-state index contributed by atoms with van der Waals surface area (Å²) in [5, 5.41) is 10.2. The second kappa shape index (κ2) is 7.94. The molecule has 5 rings (SSSR count). The summed E-state index contributed by atoms with van der Waals surface area (Å²) >= 11 is 0. The zero-order chi connectivity index (χ0) is 23.1. The van der Waals surface area contributed by atoms with E-state index in [1.54, 1.807) is 37.3 Å². The summed E-state index contributed by atoms with van der Waals surface area (Å²) in [5.74, 6) is -1.16. The van der Waals surface area contributed by atoms with Crippen LogP contribution < -0.4 is 10.9 Å². The molecule has 0 aliphatic rings. The molecule has 2 aromatic heterocycles. The summed E-state index contributed by atoms with van der Waals surface area (Å²) in [7, 11) is 0. The third-order valence-electron chi connectivity index (χ3n) is 5.44. The Hall–Kier alpha value is -4.40. The lowest BCUT2D eigenvalue weighted by Gasteiger charge is -2.14. The Morgan fingerprint density at radius 2 is 1.82 bits per heavy atom. The maximum atomic E-state index is 13.7. The smallest absolute Gasteiger partial charge is 0.281 e. The van der Waals surface area contributed by atoms with E-state index in [2.05, 4.69) is 20.6 Å². The Bertz CT molecular complexity index is 1570. The molecule has 0 radical (unpaired) electrons. The molecule has 7 nitrogen and oxygen atoms in total. The van der Waals surface area contributed by atoms with Gasteiger partial charge in [0.15, 0.2) is 5.65 Å². The van der Waals surface area contributed by atoms with E-state index in [-0.39, 0.29) is 23.4 Å². The van der Waals surface area contributed by atoms with Gasteiger partial charge in [-0.25, -0.2) is 18.5 Å². The molecule has 164 valence electrons. The van der Waals surface area contributed by atoms with Gasteiger partial charge in [-0.15, -0.1) is 0 Å². The lowest BCUT2D eigenvalue weighted by Crippen LogP contribution is -2.26. The Balaban J connectivity index is 1.55. The molecule has 1 atom stereocenters. The number of hydrogen-bond acceptors (Lipinski definition) is 4. The molecule has 0 unspecified atom stereocenters. The van der Waals surface area contributed by atoms with Gasteiger partial charge in [-0.05, 0) is 55.0 Å². The molecule has 3 aromatic carbocycles. The summed E-state index contributed by atoms with van der Waals surface area (Å²) in [6.07, 6.45) is 0. The van der Waals surface area contributed by atoms with E-state index in [1.807, 2.05) is 0 Å². The van der Waals surface area contributed by atoms with Crippen molar-refractivity contribution in [2.45, 2.75) is 13.0 Å². The van der Waals surface area contributed by atoms with Crippen LogP contribution in [0.4, 0.5) is 8.78 Å². The van der Waals surface area contributed by atoms with Crippen molar-refractivity contribution in [1.29, 1.82) is 0 Å². The largest absolute Gasteiger partial charge is 0.346 e. The maximum Gasteiger partial charge on any atom is 0.281 e. The first-order valence-corrected chi connectivity index (χ1v) is 10.1. The number of aromatic amines is 1. The van der Waals surface area contributed by atoms with Gasteiger partial charge in [0.2, 0.25) is 0 Å². The highest BCUT2D eigenvalue weighted by atomic mass is 19.1. The van der Waals surface area contributed by atoms with Crippen LogP contribution in [-0.4, -0.2) is 25.7 Å². The van der Waals surface area contributed by atoms with Gasteiger partial charge < -0.3 is 5.32 Å². The number of nitrogens with one attached hydrogen (secondary N) is 2. The van der Waals surface area contributed by atoms with Crippen molar-refractivity contribution in [2.75, 3.05) is 0 Å². The minimum absolute atomic E-state index is 0.218. The number of nitrogens with zero attached hydrogens (tertiary/aromatic N) is 3. The topological polar surface area (TPSA) is 92.2 Å². The number of halogens is 2. The fourth-order valence-electron chi connectivity index (χ4n) is 3.71. The van der Waals surface area contributed by atoms with Crippen LogP contribution in [0.25, 0.3) is 27.8 Å². The van der Waals surface area contributed by atoms with Crippen molar-refractivity contribution in [3.05, 3.63) is 99.8 Å². The van der Waals surface area contributed by atoms with E-state index in [4.69, 9.17) is 0 Å². The van der Waals surface area contributed by atoms with Crippen LogP contribution in [0.3, 0.4) is 0 Å². The second-order valence-electron chi connectivity index (χ2n) is 7.63. The van der Waals surface area contributed by atoms with Crippen LogP contribution in [0.5, 0.6) is 0 Å². The summed E-state index contributed by atoms with van der Waals surface area (Å²) in [6, 6.07) is 15.9. The number of carbonyl (C=O) groups excluding carboxylic acids is 1. The van der Waals surface area contributed by atoms with Gasteiger partial charge in [0.25, 0.3) is 11.5 Å². The third-order valence-corrected chi connectivity index (χ3v) is 5.44. The Morgan fingerprint density at radius 3 is 2.58 bits per heavy atom. The van der Waals surface area contributed by atoms with E-state index < -0.39 is 11.4 Å². The highest BCUT2D eigenvalue weighted by Crippen LogP contribution is 2.23. The van der Waals surface area contributed by atoms with Crippen molar-refractivity contribution < 1.29 is 13.6 Å². The average Bonchev–Trinajstić information content (AvgIpc) is 3.23. The van der Waals surface area contributed by atoms with Crippen molar-refractivity contribution in [3.63, 3.8) is 0 Å². The van der Waals surface area contributed by atoms with Crippen molar-refractivity contribution >= 4 is 22.5 Å². The molecule has 2 heterocycles. The van der Waals surface area contributed by atoms with Crippen LogP contribution in [0.15, 0.2) is 71.5 Å². The molecule has 2 N–H and O–H groups in total. The van der Waals surface area contributed by atoms with E-state index in [9.17, 15) is 18.4 Å². The van der Waals surface area contributed by atoms with Gasteiger partial charge in [-0.3, -0.25) is 9.59 Å². The molecule has 0 saturated heterocycles. The molecule has 0 bridgehead atoms. The number of amides is 1. The number of benzene rings is 3. The highest BCUT2D eigenvalue weighted by Gasteiger charge is 2.17. The molecule has 1 amide bonds. The Morgan fingerprint density at radius 1 is 1.03 bits per heavy atom. The Labute approximate surface area is 185 Å². The molecule has 0 saturated carbocycles. The van der Waals surface area contributed by atoms with Gasteiger partial charge >= 0.3 is 0 Å². The number of rotatable bonds is 4. The number of fused-ring (bicyclic) bond motifs is 3. The molecule has 9 heteroatoms. The zero-order valence-electron chi connectivity index (χ0n) is 17.3. The molecule has 0 fully saturated rings. The predicted molar refractivity (Wildman–Crippen MR) is 119 cm³/mol. The van der Waals surface area contributed by atoms with Gasteiger partial charge in [-0.2, -0.15) is 10.1 Å². The molecular weight excluding hydrogens is 428 g/mol. The maximum absolute atomic E-state index is 13.7. The fraction of sp³-hybridized carbons (Fsp3) is 0.0833. The lowest BCUT2D eigenvalue weighted by atomic mass is 10.1. The molecule has 0 spiro atoms. The summed E-state index contributed by atoms with van der Waals surface area (Å²) in [5.41, 5.74) is 1.97. The normalized spacial score (nSPS) is 12.2. The van der Waals surface area contributed by atoms with Crippen molar-refractivity contribution in [3.8, 4) is 11.3 Å². The van der Waals surface area contributed by atoms with Crippen LogP contribution in [0, 0.1) is 11.6 Å². The monoisotopic (exact) mass is 445 g/mol. The lowest BCUT2D eigenvalue weighted by molar-refractivity contribution is 0.0940. The SMILES string of the molecule is C[C@@H](NC(=O)c1ccc2c(=O)nc3c(-c4cccc(F)c4)n[nH]n3c2c1)c1ccc(F)cc1. The minimum Gasteiger partial charge on any atom is -0.346 e. The molecule has 33 heavy (non-hydrogen) atoms. The number of carbonyl (C=O) groups is 1. The van der Waals surface area contributed by atoms with Crippen LogP contribution in [-0.2, 0) is 0 Å². The quantitative estimate of drug-likeness (QED) is 0.437. The highest BCUT2D eigenvalue weighted by molar-refractivity contribution is 5.98. The fourth-order valence-corrected chi connectivity index (χ4v) is 3.71. The molecule has 0 aliphatic heterocycles. The number of aromatic nitrogens is 4. The standard InChI is InChI=1S/C24H17F2N5O2/c1-13(14-5-8-17(25)9-6-14)27-23(32)16-7-10-19-20(12-16)31-22(28-24(19)33)21(29-30-31)15-3-2-4-18(26)11-15/h2-13,30H,1H3,(H,27,32)/t13-/m1/s1. The Kier molecular flexibility index (Phi) is 4.93. The molecule has 5 aromatic rings. The first kappa shape index (κ1) is 20.5. The van der Waals surface area contributed by atoms with Crippen LogP contribution in [0.1, 0.15) is 28.9 Å². The van der Waals surface area contributed by atoms with Crippen molar-refractivity contribution in [1.82, 2.24) is 25.1 Å². The average molecular weight is 445 g/mol. The predicted octanol–water partition coefficient (Wildman–Crippen LogP) is 4.01. The summed E-state index contributed by atoms with van der Waals surface area (Å²) in [4.78, 5) is 29.6. The van der Waals surface area contributed by atoms with Crippen molar-refractivity contribution in [2.24, 2.45) is 0 Å². The van der Waals surface area contributed by atoms with Gasteiger partial charge in [0.1, 0.15) is 17.3 Å². The van der Waals surface area contributed by atoms with E-state index in [0.29, 0.717) is 27.7 Å². The van der Waals surface area contributed by atoms with Crippen LogP contribution >= 0.6 is 0 Å². The number of hydrogen-bond donors (Lipinski definition) is 2. The third kappa shape index (κ3) is 3.73. The second-order valence-corrected chi connectivity index (χ2v) is 7.63. The zero-order valence-corrected chi connectivity index (χ0v) is 17.3. The minimum atomic E-state index is -0.490. The summed E-state index contributed by atoms with van der Waals surface area (Å²) in [6.45, 7) is 1.79. The van der Waals surface area contributed by atoms with Gasteiger partial charge in [-0.1, -0.05) is 24.3 Å². The van der Waals surface area contributed by atoms with E-state index in [0.717, 1.165) is 5.56 Å². The molecular formula is C24H17F2N5O2. The first-order valence-electron chi connectivity index (χ1n) is 10.1.